The van der Waals surface area contributed by atoms with Crippen molar-refractivity contribution in [2.75, 3.05) is 43.6 Å². The highest BCUT2D eigenvalue weighted by Gasteiger charge is 2.26. The number of anilines is 1. The second-order valence-corrected chi connectivity index (χ2v) is 7.58. The normalized spacial score (nSPS) is 17.5. The average Bonchev–Trinajstić information content (AvgIpc) is 2.89. The number of fused-ring (bicyclic) bond motifs is 1. The first-order valence-corrected chi connectivity index (χ1v) is 9.51. The van der Waals surface area contributed by atoms with Gasteiger partial charge in [0.15, 0.2) is 5.65 Å². The molecule has 1 N–H and O–H groups in total. The summed E-state index contributed by atoms with van der Waals surface area (Å²) in [6.07, 6.45) is 4.70. The first kappa shape index (κ1) is 14.5. The maximum absolute atomic E-state index is 11.6. The fourth-order valence-electron chi connectivity index (χ4n) is 2.44. The number of rotatable bonds is 3. The first-order valence-electron chi connectivity index (χ1n) is 6.44. The molecule has 3 heterocycles. The van der Waals surface area contributed by atoms with Crippen LogP contribution in [0, 0.1) is 0 Å². The lowest BCUT2D eigenvalue weighted by Gasteiger charge is -2.34. The molecular formula is C11H16N6O2S2. The third-order valence-corrected chi connectivity index (χ3v) is 5.49. The zero-order valence-electron chi connectivity index (χ0n) is 11.8. The molecule has 10 heteroatoms. The molecule has 0 aliphatic carbocycles. The second kappa shape index (κ2) is 5.43. The van der Waals surface area contributed by atoms with E-state index in [4.69, 9.17) is 0 Å². The molecule has 1 aliphatic heterocycles. The summed E-state index contributed by atoms with van der Waals surface area (Å²) in [7, 11) is -3.12. The lowest BCUT2D eigenvalue weighted by atomic mass is 10.3. The minimum absolute atomic E-state index is 0.469. The van der Waals surface area contributed by atoms with Crippen LogP contribution in [-0.4, -0.2) is 71.6 Å². The number of thioether (sulfide) groups is 1. The number of nitrogens with zero attached hydrogens (tertiary/aromatic N) is 5. The van der Waals surface area contributed by atoms with Crippen LogP contribution in [0.3, 0.4) is 0 Å². The van der Waals surface area contributed by atoms with Crippen LogP contribution in [0.2, 0.25) is 0 Å². The molecular weight excluding hydrogens is 312 g/mol. The average molecular weight is 328 g/mol. The van der Waals surface area contributed by atoms with Crippen molar-refractivity contribution >= 4 is 38.6 Å². The molecule has 0 aromatic carbocycles. The van der Waals surface area contributed by atoms with E-state index < -0.39 is 10.0 Å². The summed E-state index contributed by atoms with van der Waals surface area (Å²) in [6, 6.07) is 0. The van der Waals surface area contributed by atoms with Crippen molar-refractivity contribution in [3.05, 3.63) is 6.33 Å². The minimum Gasteiger partial charge on any atom is -0.353 e. The molecule has 0 atom stereocenters. The fraction of sp³-hybridized carbons (Fsp3) is 0.545. The lowest BCUT2D eigenvalue weighted by Crippen LogP contribution is -2.48. The van der Waals surface area contributed by atoms with Gasteiger partial charge in [-0.1, -0.05) is 0 Å². The van der Waals surface area contributed by atoms with E-state index in [2.05, 4.69) is 25.1 Å². The third-order valence-electron chi connectivity index (χ3n) is 3.51. The summed E-state index contributed by atoms with van der Waals surface area (Å²) in [6.45, 7) is 2.16. The quantitative estimate of drug-likeness (QED) is 0.802. The summed E-state index contributed by atoms with van der Waals surface area (Å²) >= 11 is 1.53. The van der Waals surface area contributed by atoms with Gasteiger partial charge in [-0.25, -0.2) is 18.4 Å². The number of aromatic nitrogens is 4. The van der Waals surface area contributed by atoms with Crippen molar-refractivity contribution in [1.82, 2.24) is 24.5 Å². The number of H-pyrrole nitrogens is 1. The third kappa shape index (κ3) is 2.70. The van der Waals surface area contributed by atoms with Crippen molar-refractivity contribution in [3.8, 4) is 0 Å². The fourth-order valence-corrected chi connectivity index (χ4v) is 3.79. The first-order chi connectivity index (χ1) is 10.0. The SMILES string of the molecule is CSc1n[nH]c2ncnc(N3CCN(S(C)(=O)=O)CC3)c12. The largest absolute Gasteiger partial charge is 0.353 e. The van der Waals surface area contributed by atoms with Crippen LogP contribution in [-0.2, 0) is 10.0 Å². The van der Waals surface area contributed by atoms with Crippen molar-refractivity contribution in [1.29, 1.82) is 0 Å². The van der Waals surface area contributed by atoms with Crippen molar-refractivity contribution in [3.63, 3.8) is 0 Å². The number of nitrogens with one attached hydrogen (secondary N) is 1. The van der Waals surface area contributed by atoms with Crippen LogP contribution in [0.5, 0.6) is 0 Å². The van der Waals surface area contributed by atoms with Gasteiger partial charge in [0, 0.05) is 26.2 Å². The lowest BCUT2D eigenvalue weighted by molar-refractivity contribution is 0.387. The molecule has 1 aliphatic rings. The molecule has 21 heavy (non-hydrogen) atoms. The Labute approximate surface area is 127 Å². The molecule has 1 fully saturated rings. The molecule has 2 aromatic heterocycles. The Bertz CT molecular complexity index is 751. The molecule has 0 saturated carbocycles. The van der Waals surface area contributed by atoms with E-state index in [0.717, 1.165) is 16.2 Å². The molecule has 2 aromatic rings. The maximum atomic E-state index is 11.6. The number of piperazine rings is 1. The molecule has 0 radical (unpaired) electrons. The summed E-state index contributed by atoms with van der Waals surface area (Å²) in [5.74, 6) is 0.811. The Hall–Kier alpha value is -1.39. The number of aromatic amines is 1. The van der Waals surface area contributed by atoms with E-state index in [-0.39, 0.29) is 0 Å². The predicted octanol–water partition coefficient (Wildman–Crippen LogP) is 0.156. The number of hydrogen-bond donors (Lipinski definition) is 1. The van der Waals surface area contributed by atoms with Gasteiger partial charge in [-0.05, 0) is 6.26 Å². The van der Waals surface area contributed by atoms with Gasteiger partial charge in [-0.3, -0.25) is 5.10 Å². The highest BCUT2D eigenvalue weighted by molar-refractivity contribution is 7.98. The van der Waals surface area contributed by atoms with Gasteiger partial charge in [0.25, 0.3) is 0 Å². The van der Waals surface area contributed by atoms with Gasteiger partial charge in [-0.2, -0.15) is 9.40 Å². The molecule has 0 unspecified atom stereocenters. The van der Waals surface area contributed by atoms with Gasteiger partial charge in [0.05, 0.1) is 11.6 Å². The van der Waals surface area contributed by atoms with E-state index in [9.17, 15) is 8.42 Å². The summed E-state index contributed by atoms with van der Waals surface area (Å²) in [5, 5.41) is 8.88. The molecule has 0 bridgehead atoms. The molecule has 114 valence electrons. The van der Waals surface area contributed by atoms with E-state index in [0.29, 0.717) is 31.8 Å². The van der Waals surface area contributed by atoms with Gasteiger partial charge < -0.3 is 4.90 Å². The second-order valence-electron chi connectivity index (χ2n) is 4.80. The van der Waals surface area contributed by atoms with E-state index in [1.807, 2.05) is 6.26 Å². The maximum Gasteiger partial charge on any atom is 0.211 e. The van der Waals surface area contributed by atoms with E-state index in [1.54, 1.807) is 0 Å². The Morgan fingerprint density at radius 2 is 1.95 bits per heavy atom. The smallest absolute Gasteiger partial charge is 0.211 e. The van der Waals surface area contributed by atoms with Crippen LogP contribution < -0.4 is 4.90 Å². The summed E-state index contributed by atoms with van der Waals surface area (Å²) < 4.78 is 24.6. The monoisotopic (exact) mass is 328 g/mol. The molecule has 0 spiro atoms. The Kier molecular flexibility index (Phi) is 3.76. The Morgan fingerprint density at radius 1 is 1.24 bits per heavy atom. The Balaban J connectivity index is 1.91. The van der Waals surface area contributed by atoms with E-state index in [1.165, 1.54) is 28.7 Å². The van der Waals surface area contributed by atoms with Crippen LogP contribution in [0.15, 0.2) is 11.4 Å². The van der Waals surface area contributed by atoms with Crippen LogP contribution >= 0.6 is 11.8 Å². The van der Waals surface area contributed by atoms with Crippen molar-refractivity contribution in [2.45, 2.75) is 5.03 Å². The zero-order valence-corrected chi connectivity index (χ0v) is 13.4. The van der Waals surface area contributed by atoms with Gasteiger partial charge in [0.1, 0.15) is 17.2 Å². The van der Waals surface area contributed by atoms with Crippen LogP contribution in [0.4, 0.5) is 5.82 Å². The topological polar surface area (TPSA) is 95.1 Å². The molecule has 1 saturated heterocycles. The molecule has 0 amide bonds. The van der Waals surface area contributed by atoms with Crippen LogP contribution in [0.25, 0.3) is 11.0 Å². The summed E-state index contributed by atoms with van der Waals surface area (Å²) in [5.41, 5.74) is 0.704. The standard InChI is InChI=1S/C11H16N6O2S2/c1-20-11-8-9(14-15-11)12-7-13-10(8)16-3-5-17(6-4-16)21(2,18)19/h7H,3-6H2,1-2H3,(H,12,13,14,15). The van der Waals surface area contributed by atoms with Crippen LogP contribution in [0.1, 0.15) is 0 Å². The Morgan fingerprint density at radius 3 is 2.57 bits per heavy atom. The number of hydrogen-bond acceptors (Lipinski definition) is 7. The summed E-state index contributed by atoms with van der Waals surface area (Å²) in [4.78, 5) is 10.6. The predicted molar refractivity (Wildman–Crippen MR) is 82.1 cm³/mol. The highest BCUT2D eigenvalue weighted by atomic mass is 32.2. The van der Waals surface area contributed by atoms with E-state index >= 15 is 0 Å². The molecule has 8 nitrogen and oxygen atoms in total. The zero-order chi connectivity index (χ0) is 15.0. The van der Waals surface area contributed by atoms with Crippen molar-refractivity contribution in [2.24, 2.45) is 0 Å². The number of sulfonamides is 1. The van der Waals surface area contributed by atoms with Crippen molar-refractivity contribution < 1.29 is 8.42 Å². The minimum atomic E-state index is -3.12. The highest BCUT2D eigenvalue weighted by Crippen LogP contribution is 2.30. The van der Waals surface area contributed by atoms with Gasteiger partial charge in [-0.15, -0.1) is 11.8 Å². The molecule has 3 rings (SSSR count). The van der Waals surface area contributed by atoms with Gasteiger partial charge >= 0.3 is 0 Å². The van der Waals surface area contributed by atoms with Gasteiger partial charge in [0.2, 0.25) is 10.0 Å².